The van der Waals surface area contributed by atoms with Crippen molar-refractivity contribution >= 4 is 17.4 Å². The topological polar surface area (TPSA) is 46.2 Å². The number of ketones is 1. The van der Waals surface area contributed by atoms with E-state index in [9.17, 15) is 9.59 Å². The van der Waals surface area contributed by atoms with Crippen molar-refractivity contribution in [2.45, 2.75) is 45.4 Å². The molecule has 21 heavy (non-hydrogen) atoms. The molecular weight excluding hydrogens is 262 g/mol. The fourth-order valence-corrected chi connectivity index (χ4v) is 3.43. The molecule has 1 saturated carbocycles. The summed E-state index contributed by atoms with van der Waals surface area (Å²) in [6.07, 6.45) is 8.97. The van der Waals surface area contributed by atoms with Crippen LogP contribution in [0.15, 0.2) is 29.8 Å². The highest BCUT2D eigenvalue weighted by atomic mass is 16.1. The van der Waals surface area contributed by atoms with Crippen molar-refractivity contribution in [1.29, 1.82) is 0 Å². The van der Waals surface area contributed by atoms with E-state index in [2.05, 4.69) is 11.4 Å². The van der Waals surface area contributed by atoms with Gasteiger partial charge in [0.25, 0.3) is 0 Å². The molecule has 2 aliphatic rings. The molecule has 0 spiro atoms. The number of carbonyl (C=O) groups excluding carboxylic acids is 2. The summed E-state index contributed by atoms with van der Waals surface area (Å²) in [6, 6.07) is 5.60. The zero-order chi connectivity index (χ0) is 14.8. The number of aryl methyl sites for hydroxylation is 1. The Morgan fingerprint density at radius 2 is 2.00 bits per heavy atom. The third kappa shape index (κ3) is 3.07. The van der Waals surface area contributed by atoms with Gasteiger partial charge in [-0.3, -0.25) is 9.59 Å². The average molecular weight is 283 g/mol. The van der Waals surface area contributed by atoms with Gasteiger partial charge in [0.2, 0.25) is 5.91 Å². The second kappa shape index (κ2) is 5.84. The van der Waals surface area contributed by atoms with Crippen LogP contribution in [0.2, 0.25) is 0 Å². The molecule has 2 aliphatic carbocycles. The maximum atomic E-state index is 12.6. The van der Waals surface area contributed by atoms with Crippen LogP contribution in [0.3, 0.4) is 0 Å². The van der Waals surface area contributed by atoms with E-state index in [1.54, 1.807) is 0 Å². The molecule has 0 heterocycles. The molecule has 0 aromatic heterocycles. The van der Waals surface area contributed by atoms with Gasteiger partial charge < -0.3 is 5.32 Å². The van der Waals surface area contributed by atoms with Crippen LogP contribution < -0.4 is 5.32 Å². The Hall–Kier alpha value is -1.90. The number of hydrogen-bond donors (Lipinski definition) is 1. The molecule has 110 valence electrons. The van der Waals surface area contributed by atoms with E-state index in [4.69, 9.17) is 0 Å². The van der Waals surface area contributed by atoms with Crippen LogP contribution in [-0.4, -0.2) is 11.7 Å². The summed E-state index contributed by atoms with van der Waals surface area (Å²) in [5.74, 6) is 0.695. The molecular formula is C18H21NO2. The molecule has 0 unspecified atom stereocenters. The molecule has 1 aromatic rings. The molecule has 3 nitrogen and oxygen atoms in total. The molecule has 0 bridgehead atoms. The highest BCUT2D eigenvalue weighted by Crippen LogP contribution is 2.32. The highest BCUT2D eigenvalue weighted by Gasteiger charge is 2.24. The lowest BCUT2D eigenvalue weighted by Crippen LogP contribution is -2.16. The van der Waals surface area contributed by atoms with Crippen molar-refractivity contribution in [3.63, 3.8) is 0 Å². The van der Waals surface area contributed by atoms with Crippen molar-refractivity contribution < 1.29 is 9.59 Å². The van der Waals surface area contributed by atoms with Gasteiger partial charge >= 0.3 is 0 Å². The van der Waals surface area contributed by atoms with Gasteiger partial charge in [-0.05, 0) is 60.9 Å². The largest absolute Gasteiger partial charge is 0.326 e. The van der Waals surface area contributed by atoms with E-state index in [0.717, 1.165) is 35.2 Å². The lowest BCUT2D eigenvalue weighted by molar-refractivity contribution is -0.114. The molecule has 3 heteroatoms. The normalized spacial score (nSPS) is 20.6. The van der Waals surface area contributed by atoms with E-state index in [1.807, 2.05) is 18.2 Å². The number of fused-ring (bicyclic) bond motifs is 1. The maximum absolute atomic E-state index is 12.6. The van der Waals surface area contributed by atoms with E-state index in [1.165, 1.54) is 32.6 Å². The van der Waals surface area contributed by atoms with E-state index in [-0.39, 0.29) is 11.7 Å². The second-order valence-electron chi connectivity index (χ2n) is 6.12. The molecule has 0 saturated heterocycles. The number of allylic oxidation sites excluding steroid dienone is 2. The van der Waals surface area contributed by atoms with E-state index in [0.29, 0.717) is 5.92 Å². The van der Waals surface area contributed by atoms with Gasteiger partial charge in [0, 0.05) is 18.2 Å². The Balaban J connectivity index is 1.83. The van der Waals surface area contributed by atoms with Crippen LogP contribution in [0.1, 0.15) is 54.9 Å². The van der Waals surface area contributed by atoms with Crippen molar-refractivity contribution in [3.05, 3.63) is 41.0 Å². The summed E-state index contributed by atoms with van der Waals surface area (Å²) in [5.41, 5.74) is 3.62. The number of benzene rings is 1. The van der Waals surface area contributed by atoms with Gasteiger partial charge in [-0.25, -0.2) is 0 Å². The third-order valence-electron chi connectivity index (χ3n) is 4.46. The van der Waals surface area contributed by atoms with Crippen LogP contribution in [0.25, 0.3) is 0 Å². The van der Waals surface area contributed by atoms with Gasteiger partial charge in [-0.15, -0.1) is 0 Å². The number of nitrogens with one attached hydrogen (secondary N) is 1. The van der Waals surface area contributed by atoms with Gasteiger partial charge in [0.05, 0.1) is 0 Å². The fourth-order valence-electron chi connectivity index (χ4n) is 3.43. The van der Waals surface area contributed by atoms with Gasteiger partial charge in [-0.2, -0.15) is 0 Å². The first-order valence-electron chi connectivity index (χ1n) is 7.79. The molecule has 0 radical (unpaired) electrons. The number of Topliss-reactive ketones (excluding diaryl/α,β-unsaturated/α-hetero) is 1. The minimum Gasteiger partial charge on any atom is -0.326 e. The Labute approximate surface area is 125 Å². The quantitative estimate of drug-likeness (QED) is 0.837. The first-order valence-corrected chi connectivity index (χ1v) is 7.79. The summed E-state index contributed by atoms with van der Waals surface area (Å²) in [5, 5.41) is 2.77. The molecule has 0 aliphatic heterocycles. The van der Waals surface area contributed by atoms with Crippen molar-refractivity contribution in [2.24, 2.45) is 5.92 Å². The zero-order valence-electron chi connectivity index (χ0n) is 12.4. The summed E-state index contributed by atoms with van der Waals surface area (Å²) >= 11 is 0. The van der Waals surface area contributed by atoms with Crippen molar-refractivity contribution in [3.8, 4) is 0 Å². The molecule has 1 N–H and O–H groups in total. The van der Waals surface area contributed by atoms with Crippen molar-refractivity contribution in [2.75, 3.05) is 5.32 Å². The smallest absolute Gasteiger partial charge is 0.221 e. The SMILES string of the molecule is CC(=O)Nc1ccc2c(c1)CC/C(=C/C1CCCC1)C2=O. The van der Waals surface area contributed by atoms with Crippen LogP contribution in [0.5, 0.6) is 0 Å². The van der Waals surface area contributed by atoms with Crippen LogP contribution in [0.4, 0.5) is 5.69 Å². The Kier molecular flexibility index (Phi) is 3.91. The minimum absolute atomic E-state index is 0.0843. The average Bonchev–Trinajstić information content (AvgIpc) is 2.94. The summed E-state index contributed by atoms with van der Waals surface area (Å²) in [6.45, 7) is 1.49. The monoisotopic (exact) mass is 283 g/mol. The molecule has 1 fully saturated rings. The highest BCUT2D eigenvalue weighted by molar-refractivity contribution is 6.11. The fraction of sp³-hybridized carbons (Fsp3) is 0.444. The molecule has 3 rings (SSSR count). The first kappa shape index (κ1) is 14.1. The number of anilines is 1. The predicted molar refractivity (Wildman–Crippen MR) is 83.4 cm³/mol. The van der Waals surface area contributed by atoms with Gasteiger partial charge in [0.15, 0.2) is 5.78 Å². The minimum atomic E-state index is -0.0843. The number of rotatable bonds is 2. The lowest BCUT2D eigenvalue weighted by atomic mass is 9.85. The third-order valence-corrected chi connectivity index (χ3v) is 4.46. The molecule has 1 aromatic carbocycles. The summed E-state index contributed by atoms with van der Waals surface area (Å²) in [7, 11) is 0. The Bertz CT molecular complexity index is 610. The van der Waals surface area contributed by atoms with E-state index < -0.39 is 0 Å². The standard InChI is InChI=1S/C18H21NO2/c1-12(20)19-16-8-9-17-14(11-16)6-7-15(18(17)21)10-13-4-2-3-5-13/h8-11,13H,2-7H2,1H3,(H,19,20)/b15-10-. The second-order valence-corrected chi connectivity index (χ2v) is 6.12. The first-order chi connectivity index (χ1) is 10.1. The van der Waals surface area contributed by atoms with Crippen LogP contribution in [-0.2, 0) is 11.2 Å². The number of carbonyl (C=O) groups is 2. The zero-order valence-corrected chi connectivity index (χ0v) is 12.4. The molecule has 1 amide bonds. The lowest BCUT2D eigenvalue weighted by Gasteiger charge is -2.19. The Morgan fingerprint density at radius 3 is 2.71 bits per heavy atom. The summed E-state index contributed by atoms with van der Waals surface area (Å²) in [4.78, 5) is 23.7. The van der Waals surface area contributed by atoms with Gasteiger partial charge in [-0.1, -0.05) is 18.9 Å². The number of amides is 1. The summed E-state index contributed by atoms with van der Waals surface area (Å²) < 4.78 is 0. The predicted octanol–water partition coefficient (Wildman–Crippen LogP) is 3.89. The Morgan fingerprint density at radius 1 is 1.24 bits per heavy atom. The van der Waals surface area contributed by atoms with E-state index >= 15 is 0 Å². The van der Waals surface area contributed by atoms with Gasteiger partial charge in [0.1, 0.15) is 0 Å². The van der Waals surface area contributed by atoms with Crippen LogP contribution in [0, 0.1) is 5.92 Å². The van der Waals surface area contributed by atoms with Crippen LogP contribution >= 0.6 is 0 Å². The van der Waals surface area contributed by atoms with Crippen molar-refractivity contribution in [1.82, 2.24) is 0 Å². The molecule has 0 atom stereocenters. The number of hydrogen-bond acceptors (Lipinski definition) is 2. The maximum Gasteiger partial charge on any atom is 0.221 e.